The van der Waals surface area contributed by atoms with Crippen molar-refractivity contribution in [3.8, 4) is 0 Å². The van der Waals surface area contributed by atoms with Gasteiger partial charge in [-0.05, 0) is 0 Å². The number of hydrogen-bond acceptors (Lipinski definition) is 12. The van der Waals surface area contributed by atoms with Crippen molar-refractivity contribution in [3.05, 3.63) is 0 Å². The second-order valence-corrected chi connectivity index (χ2v) is 4.02. The molecule has 0 aliphatic rings. The smallest absolute Gasteiger partial charge is 0.822 e. The Balaban J connectivity index is -0.0000000129. The molecule has 12 nitrogen and oxygen atoms in total. The molecule has 0 saturated carbocycles. The summed E-state index contributed by atoms with van der Waals surface area (Å²) >= 11 is 0. The van der Waals surface area contributed by atoms with Crippen molar-refractivity contribution in [2.24, 2.45) is 0 Å². The second-order valence-electron chi connectivity index (χ2n) is 1.34. The van der Waals surface area contributed by atoms with Crippen LogP contribution in [0.15, 0.2) is 0 Å². The Labute approximate surface area is 276 Å². The maximum absolute atomic E-state index is 8.55. The second kappa shape index (κ2) is 29.3. The molecule has 21 heteroatoms. The van der Waals surface area contributed by atoms with Crippen molar-refractivity contribution in [1.29, 1.82) is 0 Å². The Bertz CT molecular complexity index is 221. The molecule has 0 N–H and O–H groups in total. The molecule has 0 rings (SSSR count). The molecule has 0 bridgehead atoms. The van der Waals surface area contributed by atoms with E-state index in [9.17, 15) is 0 Å². The molecule has 0 aromatic rings. The molecule has 0 aliphatic carbocycles. The number of rotatable bonds is 0. The van der Waals surface area contributed by atoms with Gasteiger partial charge in [-0.25, -0.2) is 0 Å². The molecule has 21 heavy (non-hydrogen) atoms. The van der Waals surface area contributed by atoms with Crippen LogP contribution >= 0.6 is 23.5 Å². The molecule has 0 atom stereocenters. The maximum atomic E-state index is 8.55. The average molecular weight is 474 g/mol. The first kappa shape index (κ1) is 56.6. The van der Waals surface area contributed by atoms with E-state index in [1.54, 1.807) is 0 Å². The van der Waals surface area contributed by atoms with E-state index in [1.807, 2.05) is 0 Å². The quantitative estimate of drug-likeness (QED) is 0.234. The van der Waals surface area contributed by atoms with Gasteiger partial charge in [0, 0.05) is 0 Å². The summed E-state index contributed by atoms with van der Waals surface area (Å²) in [6.45, 7) is 0. The zero-order valence-electron chi connectivity index (χ0n) is 11.4. The first-order valence-electron chi connectivity index (χ1n) is 2.19. The van der Waals surface area contributed by atoms with Gasteiger partial charge in [0.15, 0.2) is 0 Å². The van der Waals surface area contributed by atoms with Crippen molar-refractivity contribution in [1.82, 2.24) is 0 Å². The zero-order valence-corrected chi connectivity index (χ0v) is 26.7. The molecule has 96 valence electrons. The van der Waals surface area contributed by atoms with Gasteiger partial charge in [0.25, 0.3) is 0 Å². The molecular weight excluding hydrogens is 474 g/mol. The predicted molar refractivity (Wildman–Crippen MR) is 40.1 cm³/mol. The van der Waals surface area contributed by atoms with E-state index in [0.29, 0.717) is 0 Å². The molecule has 0 heterocycles. The minimum absolute atomic E-state index is 0. The molecule has 0 aliphatic heterocycles. The Kier molecular flexibility index (Phi) is 79.0. The van der Waals surface area contributed by atoms with Gasteiger partial charge < -0.3 is 57.7 Å². The Morgan fingerprint density at radius 2 is 0.381 bits per heavy atom. The van der Waals surface area contributed by atoms with Crippen LogP contribution in [-0.4, -0.2) is 113 Å². The fourth-order valence-corrected chi connectivity index (χ4v) is 0. The molecule has 0 spiro atoms. The zero-order chi connectivity index (χ0) is 13.5. The molecule has 0 saturated heterocycles. The van der Waals surface area contributed by atoms with Crippen LogP contribution in [0.2, 0.25) is 0 Å². The van der Waals surface area contributed by atoms with Crippen LogP contribution in [0.5, 0.6) is 0 Å². The van der Waals surface area contributed by atoms with E-state index in [1.165, 1.54) is 0 Å². The molecular formula is Ca3Na3O12P3. The number of phosphoric acid groups is 3. The van der Waals surface area contributed by atoms with E-state index >= 15 is 0 Å². The molecule has 0 radical (unpaired) electrons. The van der Waals surface area contributed by atoms with Gasteiger partial charge in [0.1, 0.15) is 0 Å². The monoisotopic (exact) mass is 474 g/mol. The summed E-state index contributed by atoms with van der Waals surface area (Å²) in [6, 6.07) is 0. The third-order valence-electron chi connectivity index (χ3n) is 0. The molecule has 0 amide bonds. The van der Waals surface area contributed by atoms with Gasteiger partial charge in [-0.2, -0.15) is 23.5 Å². The summed E-state index contributed by atoms with van der Waals surface area (Å²) < 4.78 is 25.6. The standard InChI is InChI=1S/3Ca.3Na.3H3O4P/c;;;;;;3*1-5(2,3)4/h;;;;;;3*(H3,1,2,3,4)/q3*+2;3*+1;;;/p-9. The third-order valence-corrected chi connectivity index (χ3v) is 0. The van der Waals surface area contributed by atoms with Crippen LogP contribution < -0.4 is 133 Å². The largest absolute Gasteiger partial charge is 2.00 e. The summed E-state index contributed by atoms with van der Waals surface area (Å²) in [5.74, 6) is 0. The minimum Gasteiger partial charge on any atom is -0.822 e. The van der Waals surface area contributed by atoms with E-state index in [0.717, 1.165) is 0 Å². The van der Waals surface area contributed by atoms with Crippen molar-refractivity contribution >= 4 is 137 Å². The fourth-order valence-electron chi connectivity index (χ4n) is 0. The van der Waals surface area contributed by atoms with Crippen molar-refractivity contribution in [3.63, 3.8) is 0 Å². The summed E-state index contributed by atoms with van der Waals surface area (Å²) in [5.41, 5.74) is 0. The van der Waals surface area contributed by atoms with Crippen LogP contribution in [0, 0.1) is 0 Å². The van der Waals surface area contributed by atoms with Crippen LogP contribution in [-0.2, 0) is 13.7 Å². The van der Waals surface area contributed by atoms with Crippen LogP contribution in [0.1, 0.15) is 0 Å². The molecule has 0 aromatic carbocycles. The summed E-state index contributed by atoms with van der Waals surface area (Å²) in [5, 5.41) is 0. The van der Waals surface area contributed by atoms with Crippen molar-refractivity contribution in [2.45, 2.75) is 0 Å². The molecule has 0 aromatic heterocycles. The third kappa shape index (κ3) is 338. The topological polar surface area (TPSA) is 259 Å². The van der Waals surface area contributed by atoms with Crippen LogP contribution in [0.3, 0.4) is 0 Å². The SMILES string of the molecule is O=P([O-])([O-])[O-].O=P([O-])([O-])[O-].O=P([O-])([O-])[O-].[Ca+2].[Ca+2].[Ca+2].[Na+].[Na+].[Na+]. The fraction of sp³-hybridized carbons (Fsp3) is 0. The first-order valence-corrected chi connectivity index (χ1v) is 6.57. The van der Waals surface area contributed by atoms with Crippen molar-refractivity contribution < 1.29 is 146 Å². The van der Waals surface area contributed by atoms with Gasteiger partial charge in [0.05, 0.1) is 0 Å². The maximum Gasteiger partial charge on any atom is 2.00 e. The van der Waals surface area contributed by atoms with Gasteiger partial charge in [-0.3, -0.25) is 0 Å². The summed E-state index contributed by atoms with van der Waals surface area (Å²) in [4.78, 5) is 76.9. The van der Waals surface area contributed by atoms with Gasteiger partial charge in [-0.1, -0.05) is 0 Å². The Morgan fingerprint density at radius 1 is 0.381 bits per heavy atom. The first-order chi connectivity index (χ1) is 6.00. The van der Waals surface area contributed by atoms with Gasteiger partial charge in [-0.15, -0.1) is 0 Å². The predicted octanol–water partition coefficient (Wildman–Crippen LogP) is -18.6. The summed E-state index contributed by atoms with van der Waals surface area (Å²) in [6.07, 6.45) is 0. The van der Waals surface area contributed by atoms with E-state index in [2.05, 4.69) is 0 Å². The summed E-state index contributed by atoms with van der Waals surface area (Å²) in [7, 11) is -16.2. The normalized spacial score (nSPS) is 8.43. The minimum atomic E-state index is -5.39. The average Bonchev–Trinajstić information content (AvgIpc) is 1.41. The Hall–Kier alpha value is 7.11. The van der Waals surface area contributed by atoms with E-state index in [4.69, 9.17) is 57.7 Å². The van der Waals surface area contributed by atoms with Crippen molar-refractivity contribution in [2.75, 3.05) is 0 Å². The molecule has 0 unspecified atom stereocenters. The van der Waals surface area contributed by atoms with E-state index in [-0.39, 0.29) is 202 Å². The van der Waals surface area contributed by atoms with Crippen LogP contribution in [0.4, 0.5) is 0 Å². The molecule has 0 fully saturated rings. The Morgan fingerprint density at radius 3 is 0.381 bits per heavy atom. The number of hydrogen-bond donors (Lipinski definition) is 0. The van der Waals surface area contributed by atoms with Crippen LogP contribution in [0.25, 0.3) is 0 Å². The van der Waals surface area contributed by atoms with Gasteiger partial charge >= 0.3 is 202 Å². The van der Waals surface area contributed by atoms with Gasteiger partial charge in [0.2, 0.25) is 0 Å². The van der Waals surface area contributed by atoms with E-state index < -0.39 is 23.5 Å².